The third-order valence-electron chi connectivity index (χ3n) is 5.37. The molecule has 1 amide bonds. The number of hydrogen-bond acceptors (Lipinski definition) is 4. The van der Waals surface area contributed by atoms with Crippen molar-refractivity contribution in [1.29, 1.82) is 0 Å². The summed E-state index contributed by atoms with van der Waals surface area (Å²) < 4.78 is 40.4. The van der Waals surface area contributed by atoms with Crippen LogP contribution in [0.15, 0.2) is 29.2 Å². The summed E-state index contributed by atoms with van der Waals surface area (Å²) in [5.41, 5.74) is 0. The quantitative estimate of drug-likeness (QED) is 0.781. The van der Waals surface area contributed by atoms with E-state index in [0.717, 1.165) is 25.5 Å². The molecule has 9 heteroatoms. The fraction of sp³-hybridized carbons (Fsp3) is 0.611. The topological polar surface area (TPSA) is 78.5 Å². The molecule has 2 atom stereocenters. The summed E-state index contributed by atoms with van der Waals surface area (Å²) in [6.45, 7) is 3.49. The smallest absolute Gasteiger partial charge is 0.245 e. The molecule has 2 aliphatic rings. The maximum Gasteiger partial charge on any atom is 0.245 e. The van der Waals surface area contributed by atoms with E-state index in [0.29, 0.717) is 12.8 Å². The molecule has 0 saturated carbocycles. The van der Waals surface area contributed by atoms with Gasteiger partial charge in [-0.3, -0.25) is 4.79 Å². The summed E-state index contributed by atoms with van der Waals surface area (Å²) in [4.78, 5) is 12.2. The van der Waals surface area contributed by atoms with Crippen LogP contribution in [-0.4, -0.2) is 50.3 Å². The molecule has 0 aliphatic carbocycles. The van der Waals surface area contributed by atoms with Crippen LogP contribution in [0.1, 0.15) is 32.6 Å². The van der Waals surface area contributed by atoms with Gasteiger partial charge in [-0.25, -0.2) is 12.8 Å². The number of sulfonamides is 1. The molecule has 2 unspecified atom stereocenters. The Labute approximate surface area is 166 Å². The van der Waals surface area contributed by atoms with E-state index in [4.69, 9.17) is 0 Å². The number of halogens is 2. The lowest BCUT2D eigenvalue weighted by molar-refractivity contribution is -0.127. The van der Waals surface area contributed by atoms with Gasteiger partial charge < -0.3 is 10.6 Å². The lowest BCUT2D eigenvalue weighted by Crippen LogP contribution is -2.54. The minimum Gasteiger partial charge on any atom is -0.352 e. The van der Waals surface area contributed by atoms with Crippen molar-refractivity contribution < 1.29 is 17.6 Å². The first-order chi connectivity index (χ1) is 12.4. The van der Waals surface area contributed by atoms with Crippen molar-refractivity contribution in [3.05, 3.63) is 30.1 Å². The Morgan fingerprint density at radius 3 is 2.52 bits per heavy atom. The Hall–Kier alpha value is -1.22. The van der Waals surface area contributed by atoms with Crippen LogP contribution in [-0.2, 0) is 14.8 Å². The first-order valence-electron chi connectivity index (χ1n) is 9.18. The lowest BCUT2D eigenvalue weighted by atomic mass is 9.94. The molecule has 2 heterocycles. The maximum absolute atomic E-state index is 13.9. The largest absolute Gasteiger partial charge is 0.352 e. The number of piperidine rings is 2. The normalized spacial score (nSPS) is 24.8. The van der Waals surface area contributed by atoms with E-state index in [1.54, 1.807) is 0 Å². The molecule has 2 saturated heterocycles. The van der Waals surface area contributed by atoms with E-state index >= 15 is 0 Å². The Morgan fingerprint density at radius 1 is 1.22 bits per heavy atom. The molecule has 3 rings (SSSR count). The summed E-state index contributed by atoms with van der Waals surface area (Å²) in [5.74, 6) is -0.948. The van der Waals surface area contributed by atoms with Crippen LogP contribution in [0.4, 0.5) is 4.39 Å². The van der Waals surface area contributed by atoms with Crippen molar-refractivity contribution in [2.45, 2.75) is 49.6 Å². The molecule has 2 fully saturated rings. The Kier molecular flexibility index (Phi) is 7.62. The lowest BCUT2D eigenvalue weighted by Gasteiger charge is -2.34. The van der Waals surface area contributed by atoms with Gasteiger partial charge in [0.05, 0.1) is 0 Å². The Bertz CT molecular complexity index is 754. The van der Waals surface area contributed by atoms with Gasteiger partial charge in [-0.15, -0.1) is 12.4 Å². The van der Waals surface area contributed by atoms with Crippen LogP contribution in [0, 0.1) is 11.7 Å². The van der Waals surface area contributed by atoms with Crippen LogP contribution in [0.2, 0.25) is 0 Å². The first kappa shape index (κ1) is 22.1. The van der Waals surface area contributed by atoms with Crippen molar-refractivity contribution in [2.24, 2.45) is 5.92 Å². The molecular formula is C18H27ClFN3O3S. The SMILES string of the molecule is CC1NCCCC1NC(=O)C1CCN(S(=O)(=O)c2ccccc2F)CC1.Cl. The van der Waals surface area contributed by atoms with Crippen molar-refractivity contribution >= 4 is 28.3 Å². The highest BCUT2D eigenvalue weighted by Crippen LogP contribution is 2.25. The van der Waals surface area contributed by atoms with E-state index < -0.39 is 15.8 Å². The van der Waals surface area contributed by atoms with Crippen LogP contribution in [0.3, 0.4) is 0 Å². The molecule has 152 valence electrons. The summed E-state index contributed by atoms with van der Waals surface area (Å²) in [7, 11) is -3.86. The van der Waals surface area contributed by atoms with Crippen LogP contribution < -0.4 is 10.6 Å². The highest BCUT2D eigenvalue weighted by molar-refractivity contribution is 7.89. The number of carbonyl (C=O) groups is 1. The predicted molar refractivity (Wildman–Crippen MR) is 104 cm³/mol. The zero-order chi connectivity index (χ0) is 18.7. The number of benzene rings is 1. The summed E-state index contributed by atoms with van der Waals surface area (Å²) >= 11 is 0. The van der Waals surface area contributed by atoms with Gasteiger partial charge in [0, 0.05) is 31.1 Å². The number of hydrogen-bond donors (Lipinski definition) is 2. The van der Waals surface area contributed by atoms with E-state index in [9.17, 15) is 17.6 Å². The molecule has 0 spiro atoms. The first-order valence-corrected chi connectivity index (χ1v) is 10.6. The van der Waals surface area contributed by atoms with E-state index in [1.807, 2.05) is 0 Å². The fourth-order valence-corrected chi connectivity index (χ4v) is 5.23. The maximum atomic E-state index is 13.9. The van der Waals surface area contributed by atoms with E-state index in [-0.39, 0.29) is 54.3 Å². The minimum atomic E-state index is -3.86. The zero-order valence-electron chi connectivity index (χ0n) is 15.4. The molecule has 27 heavy (non-hydrogen) atoms. The van der Waals surface area contributed by atoms with Gasteiger partial charge in [0.1, 0.15) is 10.7 Å². The molecule has 2 aliphatic heterocycles. The number of rotatable bonds is 4. The van der Waals surface area contributed by atoms with Crippen molar-refractivity contribution in [3.8, 4) is 0 Å². The molecule has 0 aromatic heterocycles. The molecular weight excluding hydrogens is 393 g/mol. The van der Waals surface area contributed by atoms with Crippen molar-refractivity contribution in [1.82, 2.24) is 14.9 Å². The van der Waals surface area contributed by atoms with E-state index in [2.05, 4.69) is 17.6 Å². The summed E-state index contributed by atoms with van der Waals surface area (Å²) in [6, 6.07) is 5.76. The van der Waals surface area contributed by atoms with Crippen molar-refractivity contribution in [2.75, 3.05) is 19.6 Å². The number of nitrogens with one attached hydrogen (secondary N) is 2. The Morgan fingerprint density at radius 2 is 1.89 bits per heavy atom. The van der Waals surface area contributed by atoms with Crippen LogP contribution in [0.5, 0.6) is 0 Å². The van der Waals surface area contributed by atoms with Gasteiger partial charge in [-0.05, 0) is 51.3 Å². The summed E-state index contributed by atoms with van der Waals surface area (Å²) in [6.07, 6.45) is 2.90. The highest BCUT2D eigenvalue weighted by Gasteiger charge is 2.34. The number of carbonyl (C=O) groups excluding carboxylic acids is 1. The zero-order valence-corrected chi connectivity index (χ0v) is 17.0. The summed E-state index contributed by atoms with van der Waals surface area (Å²) in [5, 5.41) is 6.46. The highest BCUT2D eigenvalue weighted by atomic mass is 35.5. The third kappa shape index (κ3) is 4.99. The third-order valence-corrected chi connectivity index (χ3v) is 7.30. The molecule has 0 radical (unpaired) electrons. The van der Waals surface area contributed by atoms with Gasteiger partial charge in [0.15, 0.2) is 0 Å². The monoisotopic (exact) mass is 419 g/mol. The number of nitrogens with zero attached hydrogens (tertiary/aromatic N) is 1. The predicted octanol–water partition coefficient (Wildman–Crippen LogP) is 1.90. The average molecular weight is 420 g/mol. The second-order valence-corrected chi connectivity index (χ2v) is 9.02. The molecule has 0 bridgehead atoms. The second-order valence-electron chi connectivity index (χ2n) is 7.11. The standard InChI is InChI=1S/C18H26FN3O3S.ClH/c1-13-16(6-4-10-20-13)21-18(23)14-8-11-22(12-9-14)26(24,25)17-7-3-2-5-15(17)19;/h2-3,5,7,13-14,16,20H,4,6,8-12H2,1H3,(H,21,23);1H. The molecule has 2 N–H and O–H groups in total. The van der Waals surface area contributed by atoms with Gasteiger partial charge in [0.25, 0.3) is 0 Å². The second kappa shape index (κ2) is 9.32. The minimum absolute atomic E-state index is 0. The van der Waals surface area contributed by atoms with Crippen molar-refractivity contribution in [3.63, 3.8) is 0 Å². The van der Waals surface area contributed by atoms with E-state index in [1.165, 1.54) is 22.5 Å². The molecule has 6 nitrogen and oxygen atoms in total. The Balaban J connectivity index is 0.00000261. The molecule has 1 aromatic rings. The van der Waals surface area contributed by atoms with Gasteiger partial charge in [-0.1, -0.05) is 12.1 Å². The van der Waals surface area contributed by atoms with Crippen LogP contribution in [0.25, 0.3) is 0 Å². The van der Waals surface area contributed by atoms with Gasteiger partial charge in [0.2, 0.25) is 15.9 Å². The van der Waals surface area contributed by atoms with Crippen LogP contribution >= 0.6 is 12.4 Å². The van der Waals surface area contributed by atoms with Gasteiger partial charge >= 0.3 is 0 Å². The average Bonchev–Trinajstić information content (AvgIpc) is 2.64. The molecule has 1 aromatic carbocycles. The number of amides is 1. The fourth-order valence-electron chi connectivity index (χ4n) is 3.69. The van der Waals surface area contributed by atoms with Gasteiger partial charge in [-0.2, -0.15) is 4.31 Å².